The minimum absolute atomic E-state index is 0.104. The van der Waals surface area contributed by atoms with Crippen LogP contribution in [0.15, 0.2) is 60.7 Å². The predicted octanol–water partition coefficient (Wildman–Crippen LogP) is 4.71. The first-order valence-electron chi connectivity index (χ1n) is 10.3. The normalized spacial score (nSPS) is 19.1. The molecule has 2 aromatic rings. The fourth-order valence-corrected chi connectivity index (χ4v) is 3.58. The Morgan fingerprint density at radius 2 is 1.63 bits per heavy atom. The van der Waals surface area contributed by atoms with Crippen molar-refractivity contribution >= 4 is 12.2 Å². The number of nitrogens with one attached hydrogen (secondary N) is 1. The zero-order chi connectivity index (χ0) is 21.6. The summed E-state index contributed by atoms with van der Waals surface area (Å²) in [6.07, 6.45) is -0.127. The van der Waals surface area contributed by atoms with E-state index in [1.165, 1.54) is 0 Å². The van der Waals surface area contributed by atoms with Crippen LogP contribution in [0.5, 0.6) is 0 Å². The minimum Gasteiger partial charge on any atom is -0.445 e. The number of benzene rings is 2. The molecule has 0 aliphatic carbocycles. The fraction of sp³-hybridized carbons (Fsp3) is 0.417. The molecule has 1 saturated heterocycles. The average Bonchev–Trinajstić information content (AvgIpc) is 2.72. The highest BCUT2D eigenvalue weighted by atomic mass is 16.6. The Labute approximate surface area is 178 Å². The lowest BCUT2D eigenvalue weighted by Crippen LogP contribution is -2.53. The number of piperidine rings is 1. The number of hydrogen-bond acceptors (Lipinski definition) is 4. The molecule has 160 valence electrons. The van der Waals surface area contributed by atoms with Gasteiger partial charge in [-0.25, -0.2) is 9.59 Å². The largest absolute Gasteiger partial charge is 0.445 e. The maximum absolute atomic E-state index is 12.7. The smallest absolute Gasteiger partial charge is 0.410 e. The van der Waals surface area contributed by atoms with E-state index in [2.05, 4.69) is 5.32 Å². The van der Waals surface area contributed by atoms with Crippen molar-refractivity contribution in [1.29, 1.82) is 0 Å². The second kappa shape index (κ2) is 9.65. The van der Waals surface area contributed by atoms with Crippen LogP contribution in [0.3, 0.4) is 0 Å². The molecule has 0 bridgehead atoms. The third-order valence-electron chi connectivity index (χ3n) is 4.91. The van der Waals surface area contributed by atoms with Crippen LogP contribution >= 0.6 is 0 Å². The lowest BCUT2D eigenvalue weighted by molar-refractivity contribution is 0.0162. The molecule has 1 fully saturated rings. The van der Waals surface area contributed by atoms with E-state index in [0.29, 0.717) is 13.1 Å². The maximum atomic E-state index is 12.7. The highest BCUT2D eigenvalue weighted by molar-refractivity contribution is 5.70. The van der Waals surface area contributed by atoms with E-state index in [0.717, 1.165) is 17.5 Å². The second-order valence-electron chi connectivity index (χ2n) is 8.63. The Morgan fingerprint density at radius 3 is 2.27 bits per heavy atom. The number of nitrogens with zero attached hydrogens (tertiary/aromatic N) is 1. The van der Waals surface area contributed by atoms with Crippen LogP contribution < -0.4 is 5.32 Å². The first kappa shape index (κ1) is 21.7. The van der Waals surface area contributed by atoms with Crippen LogP contribution in [0, 0.1) is 0 Å². The van der Waals surface area contributed by atoms with Crippen LogP contribution in [-0.2, 0) is 16.1 Å². The summed E-state index contributed by atoms with van der Waals surface area (Å²) in [5.41, 5.74) is 1.48. The van der Waals surface area contributed by atoms with Gasteiger partial charge in [0.15, 0.2) is 0 Å². The van der Waals surface area contributed by atoms with Crippen molar-refractivity contribution in [2.75, 3.05) is 13.1 Å². The van der Waals surface area contributed by atoms with Gasteiger partial charge in [-0.15, -0.1) is 0 Å². The Hall–Kier alpha value is -3.02. The van der Waals surface area contributed by atoms with Gasteiger partial charge < -0.3 is 19.7 Å². The Morgan fingerprint density at radius 1 is 1.00 bits per heavy atom. The molecule has 0 saturated carbocycles. The van der Waals surface area contributed by atoms with Crippen LogP contribution in [0.1, 0.15) is 44.2 Å². The molecule has 1 aliphatic heterocycles. The lowest BCUT2D eigenvalue weighted by Gasteiger charge is -2.38. The van der Waals surface area contributed by atoms with Crippen molar-refractivity contribution in [3.8, 4) is 0 Å². The van der Waals surface area contributed by atoms with E-state index < -0.39 is 11.7 Å². The topological polar surface area (TPSA) is 67.9 Å². The van der Waals surface area contributed by atoms with Crippen LogP contribution in [-0.4, -0.2) is 41.8 Å². The number of amides is 2. The van der Waals surface area contributed by atoms with Gasteiger partial charge in [0.2, 0.25) is 0 Å². The van der Waals surface area contributed by atoms with Crippen molar-refractivity contribution < 1.29 is 19.1 Å². The van der Waals surface area contributed by atoms with Crippen molar-refractivity contribution in [2.24, 2.45) is 0 Å². The van der Waals surface area contributed by atoms with Crippen molar-refractivity contribution in [3.05, 3.63) is 71.8 Å². The molecular formula is C24H30N2O4. The van der Waals surface area contributed by atoms with Gasteiger partial charge >= 0.3 is 12.2 Å². The first-order valence-corrected chi connectivity index (χ1v) is 10.3. The Balaban J connectivity index is 1.65. The van der Waals surface area contributed by atoms with E-state index in [4.69, 9.17) is 9.47 Å². The molecule has 0 spiro atoms. The summed E-state index contributed by atoms with van der Waals surface area (Å²) in [5, 5.41) is 2.93. The van der Waals surface area contributed by atoms with E-state index in [1.54, 1.807) is 4.90 Å². The molecule has 3 rings (SSSR count). The van der Waals surface area contributed by atoms with Crippen LogP contribution in [0.2, 0.25) is 0 Å². The third-order valence-corrected chi connectivity index (χ3v) is 4.91. The number of ether oxygens (including phenoxy) is 2. The molecule has 6 heteroatoms. The first-order chi connectivity index (χ1) is 14.3. The number of rotatable bonds is 4. The molecule has 0 aromatic heterocycles. The standard InChI is InChI=1S/C24H30N2O4/c1-24(2,3)30-23(28)26-15-20(19-12-8-5-9-13-19)14-21(16-26)25-22(27)29-17-18-10-6-4-7-11-18/h4-13,20-21H,14-17H2,1-3H3,(H,25,27)/t20-,21+/m0/s1. The summed E-state index contributed by atoms with van der Waals surface area (Å²) in [6, 6.07) is 19.3. The number of hydrogen-bond donors (Lipinski definition) is 1. The van der Waals surface area contributed by atoms with Gasteiger partial charge in [0.25, 0.3) is 0 Å². The number of carbonyl (C=O) groups is 2. The SMILES string of the molecule is CC(C)(C)OC(=O)N1C[C@H](NC(=O)OCc2ccccc2)C[C@H](c2ccccc2)C1. The summed E-state index contributed by atoms with van der Waals surface area (Å²) in [6.45, 7) is 6.69. The van der Waals surface area contributed by atoms with E-state index in [9.17, 15) is 9.59 Å². The molecular weight excluding hydrogens is 380 g/mol. The monoisotopic (exact) mass is 410 g/mol. The molecule has 0 radical (unpaired) electrons. The zero-order valence-corrected chi connectivity index (χ0v) is 17.8. The Kier molecular flexibility index (Phi) is 6.98. The molecule has 30 heavy (non-hydrogen) atoms. The summed E-state index contributed by atoms with van der Waals surface area (Å²) >= 11 is 0. The molecule has 1 N–H and O–H groups in total. The summed E-state index contributed by atoms with van der Waals surface area (Å²) in [4.78, 5) is 26.7. The van der Waals surface area contributed by atoms with Gasteiger partial charge in [-0.2, -0.15) is 0 Å². The van der Waals surface area contributed by atoms with Crippen molar-refractivity contribution in [1.82, 2.24) is 10.2 Å². The van der Waals surface area contributed by atoms with E-state index in [1.807, 2.05) is 81.4 Å². The summed E-state index contributed by atoms with van der Waals surface area (Å²) < 4.78 is 10.9. The number of likely N-dealkylation sites (tertiary alicyclic amines) is 1. The second-order valence-corrected chi connectivity index (χ2v) is 8.63. The van der Waals surface area contributed by atoms with Crippen molar-refractivity contribution in [2.45, 2.75) is 51.4 Å². The molecule has 6 nitrogen and oxygen atoms in total. The van der Waals surface area contributed by atoms with E-state index in [-0.39, 0.29) is 24.7 Å². The van der Waals surface area contributed by atoms with Gasteiger partial charge in [-0.3, -0.25) is 0 Å². The fourth-order valence-electron chi connectivity index (χ4n) is 3.58. The number of carbonyl (C=O) groups excluding carboxylic acids is 2. The molecule has 1 heterocycles. The summed E-state index contributed by atoms with van der Waals surface area (Å²) in [7, 11) is 0. The Bertz CT molecular complexity index is 833. The minimum atomic E-state index is -0.575. The quantitative estimate of drug-likeness (QED) is 0.793. The average molecular weight is 411 g/mol. The van der Waals surface area contributed by atoms with Crippen molar-refractivity contribution in [3.63, 3.8) is 0 Å². The molecule has 2 amide bonds. The van der Waals surface area contributed by atoms with Gasteiger partial charge in [0.1, 0.15) is 12.2 Å². The zero-order valence-electron chi connectivity index (χ0n) is 17.8. The highest BCUT2D eigenvalue weighted by Crippen LogP contribution is 2.28. The third kappa shape index (κ3) is 6.51. The van der Waals surface area contributed by atoms with Gasteiger partial charge in [0, 0.05) is 19.0 Å². The van der Waals surface area contributed by atoms with Gasteiger partial charge in [-0.1, -0.05) is 60.7 Å². The molecule has 2 aromatic carbocycles. The van der Waals surface area contributed by atoms with Gasteiger partial charge in [0.05, 0.1) is 6.04 Å². The van der Waals surface area contributed by atoms with E-state index >= 15 is 0 Å². The number of alkyl carbamates (subject to hydrolysis) is 1. The summed E-state index contributed by atoms with van der Waals surface area (Å²) in [5.74, 6) is 0.104. The molecule has 2 atom stereocenters. The maximum Gasteiger partial charge on any atom is 0.410 e. The molecule has 0 unspecified atom stereocenters. The lowest BCUT2D eigenvalue weighted by atomic mass is 9.88. The highest BCUT2D eigenvalue weighted by Gasteiger charge is 2.34. The molecule has 1 aliphatic rings. The van der Waals surface area contributed by atoms with Crippen LogP contribution in [0.25, 0.3) is 0 Å². The van der Waals surface area contributed by atoms with Crippen LogP contribution in [0.4, 0.5) is 9.59 Å². The van der Waals surface area contributed by atoms with Gasteiger partial charge in [-0.05, 0) is 38.3 Å². The predicted molar refractivity (Wildman–Crippen MR) is 115 cm³/mol.